The summed E-state index contributed by atoms with van der Waals surface area (Å²) in [6.07, 6.45) is 3.93. The third-order valence-electron chi connectivity index (χ3n) is 3.73. The molecule has 0 aromatic rings. The van der Waals surface area contributed by atoms with E-state index in [-0.39, 0.29) is 36.8 Å². The fraction of sp³-hybridized carbons (Fsp3) is 0.929. The molecule has 20 heavy (non-hydrogen) atoms. The highest BCUT2D eigenvalue weighted by molar-refractivity contribution is 5.85. The summed E-state index contributed by atoms with van der Waals surface area (Å²) >= 11 is 0. The quantitative estimate of drug-likeness (QED) is 0.786. The number of likely N-dealkylation sites (tertiary alicyclic amines) is 1. The van der Waals surface area contributed by atoms with Crippen molar-refractivity contribution < 1.29 is 4.79 Å². The predicted octanol–water partition coefficient (Wildman–Crippen LogP) is 2.19. The van der Waals surface area contributed by atoms with Crippen LogP contribution < -0.4 is 11.1 Å². The summed E-state index contributed by atoms with van der Waals surface area (Å²) in [6.45, 7) is 9.53. The maximum absolute atomic E-state index is 11.6. The minimum atomic E-state index is 0. The molecule has 1 aliphatic heterocycles. The Balaban J connectivity index is 0. The lowest BCUT2D eigenvalue weighted by Gasteiger charge is -2.35. The number of nitrogens with zero attached hydrogens (tertiary/aromatic N) is 1. The van der Waals surface area contributed by atoms with Crippen LogP contribution in [0.1, 0.15) is 46.5 Å². The van der Waals surface area contributed by atoms with Crippen molar-refractivity contribution >= 4 is 30.7 Å². The molecular formula is C14H31Cl2N3O. The number of hydrogen-bond donors (Lipinski definition) is 2. The van der Waals surface area contributed by atoms with Crippen LogP contribution in [-0.2, 0) is 4.79 Å². The average Bonchev–Trinajstić information content (AvgIpc) is 2.33. The van der Waals surface area contributed by atoms with Crippen LogP contribution in [0.3, 0.4) is 0 Å². The van der Waals surface area contributed by atoms with Gasteiger partial charge in [-0.15, -0.1) is 24.8 Å². The molecule has 1 amide bonds. The van der Waals surface area contributed by atoms with Gasteiger partial charge in [-0.25, -0.2) is 0 Å². The summed E-state index contributed by atoms with van der Waals surface area (Å²) in [6, 6.07) is 0.545. The van der Waals surface area contributed by atoms with E-state index in [1.165, 1.54) is 19.4 Å². The van der Waals surface area contributed by atoms with Gasteiger partial charge in [-0.1, -0.05) is 6.92 Å². The molecule has 3 unspecified atom stereocenters. The Bertz CT molecular complexity index is 265. The molecule has 0 saturated carbocycles. The van der Waals surface area contributed by atoms with Gasteiger partial charge in [0.1, 0.15) is 0 Å². The molecule has 6 heteroatoms. The van der Waals surface area contributed by atoms with Crippen molar-refractivity contribution in [2.75, 3.05) is 19.6 Å². The molecule has 3 N–H and O–H groups in total. The van der Waals surface area contributed by atoms with Gasteiger partial charge >= 0.3 is 0 Å². The number of halogens is 2. The highest BCUT2D eigenvalue weighted by Gasteiger charge is 2.20. The number of rotatable bonds is 6. The summed E-state index contributed by atoms with van der Waals surface area (Å²) in [5, 5.41) is 3.01. The fourth-order valence-electron chi connectivity index (χ4n) is 2.46. The second-order valence-corrected chi connectivity index (χ2v) is 5.91. The summed E-state index contributed by atoms with van der Waals surface area (Å²) in [5.74, 6) is 0.916. The molecule has 1 aliphatic rings. The van der Waals surface area contributed by atoms with E-state index in [1.54, 1.807) is 0 Å². The molecule has 0 aromatic heterocycles. The Morgan fingerprint density at radius 2 is 2.05 bits per heavy atom. The highest BCUT2D eigenvalue weighted by Crippen LogP contribution is 2.17. The first-order chi connectivity index (χ1) is 8.49. The van der Waals surface area contributed by atoms with Gasteiger partial charge < -0.3 is 11.1 Å². The Hall–Kier alpha value is -0.0300. The third kappa shape index (κ3) is 9.01. The van der Waals surface area contributed by atoms with Gasteiger partial charge in [0.25, 0.3) is 0 Å². The number of carbonyl (C=O) groups excluding carboxylic acids is 1. The van der Waals surface area contributed by atoms with Crippen molar-refractivity contribution in [3.05, 3.63) is 0 Å². The lowest BCUT2D eigenvalue weighted by Crippen LogP contribution is -2.46. The van der Waals surface area contributed by atoms with Crippen molar-refractivity contribution in [1.29, 1.82) is 0 Å². The van der Waals surface area contributed by atoms with Crippen LogP contribution in [0, 0.1) is 5.92 Å². The Morgan fingerprint density at radius 3 is 2.60 bits per heavy atom. The first-order valence-electron chi connectivity index (χ1n) is 7.25. The maximum Gasteiger partial charge on any atom is 0.220 e. The smallest absolute Gasteiger partial charge is 0.220 e. The largest absolute Gasteiger partial charge is 0.355 e. The number of nitrogens with two attached hydrogens (primary N) is 1. The Labute approximate surface area is 136 Å². The topological polar surface area (TPSA) is 58.4 Å². The third-order valence-corrected chi connectivity index (χ3v) is 3.73. The van der Waals surface area contributed by atoms with E-state index in [2.05, 4.69) is 24.1 Å². The van der Waals surface area contributed by atoms with Gasteiger partial charge in [0.15, 0.2) is 0 Å². The second kappa shape index (κ2) is 11.6. The summed E-state index contributed by atoms with van der Waals surface area (Å²) in [5.41, 5.74) is 5.64. The number of carbonyl (C=O) groups is 1. The first kappa shape index (κ1) is 22.3. The monoisotopic (exact) mass is 327 g/mol. The number of piperidine rings is 1. The zero-order valence-electron chi connectivity index (χ0n) is 12.9. The van der Waals surface area contributed by atoms with Crippen LogP contribution in [0.15, 0.2) is 0 Å². The van der Waals surface area contributed by atoms with Crippen molar-refractivity contribution in [2.24, 2.45) is 11.7 Å². The predicted molar refractivity (Wildman–Crippen MR) is 89.8 cm³/mol. The van der Waals surface area contributed by atoms with Crippen molar-refractivity contribution in [1.82, 2.24) is 10.2 Å². The zero-order chi connectivity index (χ0) is 13.5. The van der Waals surface area contributed by atoms with Crippen LogP contribution in [0.2, 0.25) is 0 Å². The molecule has 0 aliphatic carbocycles. The molecule has 1 saturated heterocycles. The molecule has 1 rings (SSSR count). The summed E-state index contributed by atoms with van der Waals surface area (Å²) in [7, 11) is 0. The molecule has 4 nitrogen and oxygen atoms in total. The normalized spacial score (nSPS) is 22.1. The average molecular weight is 328 g/mol. The van der Waals surface area contributed by atoms with E-state index >= 15 is 0 Å². The molecule has 1 fully saturated rings. The molecular weight excluding hydrogens is 297 g/mol. The van der Waals surface area contributed by atoms with Gasteiger partial charge in [0, 0.05) is 31.6 Å². The van der Waals surface area contributed by atoms with Gasteiger partial charge in [0.05, 0.1) is 0 Å². The van der Waals surface area contributed by atoms with E-state index in [0.29, 0.717) is 12.5 Å². The summed E-state index contributed by atoms with van der Waals surface area (Å²) in [4.78, 5) is 14.1. The molecule has 1 heterocycles. The zero-order valence-corrected chi connectivity index (χ0v) is 14.6. The van der Waals surface area contributed by atoms with E-state index in [0.717, 1.165) is 25.4 Å². The Kier molecular flexibility index (Phi) is 12.9. The van der Waals surface area contributed by atoms with Gasteiger partial charge in [-0.2, -0.15) is 0 Å². The molecule has 0 bridgehead atoms. The highest BCUT2D eigenvalue weighted by atomic mass is 35.5. The molecule has 0 radical (unpaired) electrons. The fourth-order valence-corrected chi connectivity index (χ4v) is 2.46. The van der Waals surface area contributed by atoms with Crippen molar-refractivity contribution in [2.45, 2.75) is 58.5 Å². The Morgan fingerprint density at radius 1 is 1.40 bits per heavy atom. The molecule has 0 aromatic carbocycles. The van der Waals surface area contributed by atoms with Crippen LogP contribution in [0.25, 0.3) is 0 Å². The molecule has 3 atom stereocenters. The molecule has 0 spiro atoms. The second-order valence-electron chi connectivity index (χ2n) is 5.91. The standard InChI is InChI=1S/C14H29N3O.2ClH/c1-11-5-4-8-17(10-11)13(3)9-16-14(18)7-6-12(2)15;;/h11-13H,4-10,15H2,1-3H3,(H,16,18);2*1H. The van der Waals surface area contributed by atoms with E-state index in [4.69, 9.17) is 5.73 Å². The van der Waals surface area contributed by atoms with Crippen LogP contribution in [-0.4, -0.2) is 42.5 Å². The van der Waals surface area contributed by atoms with Crippen molar-refractivity contribution in [3.8, 4) is 0 Å². The number of hydrogen-bond acceptors (Lipinski definition) is 3. The summed E-state index contributed by atoms with van der Waals surface area (Å²) < 4.78 is 0. The lowest BCUT2D eigenvalue weighted by molar-refractivity contribution is -0.121. The number of amides is 1. The van der Waals surface area contributed by atoms with Crippen LogP contribution >= 0.6 is 24.8 Å². The van der Waals surface area contributed by atoms with Crippen LogP contribution in [0.4, 0.5) is 0 Å². The minimum absolute atomic E-state index is 0. The maximum atomic E-state index is 11.6. The van der Waals surface area contributed by atoms with Gasteiger partial charge in [-0.3, -0.25) is 9.69 Å². The lowest BCUT2D eigenvalue weighted by atomic mass is 9.99. The van der Waals surface area contributed by atoms with Crippen LogP contribution in [0.5, 0.6) is 0 Å². The van der Waals surface area contributed by atoms with Crippen molar-refractivity contribution in [3.63, 3.8) is 0 Å². The van der Waals surface area contributed by atoms with E-state index in [1.807, 2.05) is 6.92 Å². The SMILES string of the molecule is CC(N)CCC(=O)NCC(C)N1CCCC(C)C1.Cl.Cl. The van der Waals surface area contributed by atoms with E-state index < -0.39 is 0 Å². The molecule has 122 valence electrons. The van der Waals surface area contributed by atoms with Gasteiger partial charge in [-0.05, 0) is 45.6 Å². The van der Waals surface area contributed by atoms with E-state index in [9.17, 15) is 4.79 Å². The minimum Gasteiger partial charge on any atom is -0.355 e. The first-order valence-corrected chi connectivity index (χ1v) is 7.25. The number of nitrogens with one attached hydrogen (secondary N) is 1. The van der Waals surface area contributed by atoms with Gasteiger partial charge in [0.2, 0.25) is 5.91 Å².